The van der Waals surface area contributed by atoms with Crippen molar-refractivity contribution in [3.63, 3.8) is 0 Å². The number of hydroxylamine groups is 2. The van der Waals surface area contributed by atoms with Crippen molar-refractivity contribution in [3.05, 3.63) is 48.0 Å². The number of urea groups is 1. The van der Waals surface area contributed by atoms with Gasteiger partial charge in [-0.15, -0.1) is 11.3 Å². The first-order chi connectivity index (χ1) is 9.58. The van der Waals surface area contributed by atoms with Crippen molar-refractivity contribution in [2.75, 3.05) is 0 Å². The number of hydrogen-bond donors (Lipinski definition) is 2. The minimum Gasteiger partial charge on any atom is -0.350 e. The Kier molecular flexibility index (Phi) is 5.42. The Hall–Kier alpha value is -0.474. The van der Waals surface area contributed by atoms with Gasteiger partial charge in [0.2, 0.25) is 0 Å². The van der Waals surface area contributed by atoms with Crippen LogP contribution in [0.5, 0.6) is 0 Å². The summed E-state index contributed by atoms with van der Waals surface area (Å²) in [5, 5.41) is 12.6. The summed E-state index contributed by atoms with van der Waals surface area (Å²) in [6.45, 7) is 1.74. The van der Waals surface area contributed by atoms with Crippen LogP contribution in [-0.4, -0.2) is 67.7 Å². The average molecular weight is 325 g/mol. The summed E-state index contributed by atoms with van der Waals surface area (Å²) in [5.74, 6) is 0. The quantitative estimate of drug-likeness (QED) is 0.430. The average Bonchev–Trinajstić information content (AvgIpc) is 2.83. The Labute approximate surface area is 168 Å². The second-order valence-corrected chi connectivity index (χ2v) is 5.80. The Morgan fingerprint density at radius 3 is 2.57 bits per heavy atom. The smallest absolute Gasteiger partial charge is 0.339 e. The molecule has 21 heavy (non-hydrogen) atoms. The van der Waals surface area contributed by atoms with E-state index in [0.29, 0.717) is 5.06 Å². The van der Waals surface area contributed by atoms with E-state index in [1.807, 2.05) is 30.3 Å². The molecule has 3 N–H and O–H groups in total. The molecule has 1 aromatic heterocycles. The molecule has 1 atom stereocenters. The first-order valence-corrected chi connectivity index (χ1v) is 7.08. The number of benzene rings is 2. The third-order valence-electron chi connectivity index (χ3n) is 3.48. The van der Waals surface area contributed by atoms with Crippen LogP contribution >= 0.6 is 11.3 Å². The van der Waals surface area contributed by atoms with Gasteiger partial charge in [-0.2, -0.15) is 5.06 Å². The van der Waals surface area contributed by atoms with Gasteiger partial charge in [0, 0.05) is 71.6 Å². The Balaban J connectivity index is 0.00000161. The second kappa shape index (κ2) is 6.74. The maximum Gasteiger partial charge on any atom is 0.339 e. The molecule has 0 aliphatic rings. The van der Waals surface area contributed by atoms with E-state index < -0.39 is 12.1 Å². The molecule has 1 heterocycles. The van der Waals surface area contributed by atoms with Gasteiger partial charge in [-0.3, -0.25) is 5.21 Å². The normalized spacial score (nSPS) is 12.1. The number of fused-ring (bicyclic) bond motifs is 3. The molecule has 1 radical (unpaired) electrons. The summed E-state index contributed by atoms with van der Waals surface area (Å²) in [4.78, 5) is 11.0. The zero-order valence-corrected chi connectivity index (χ0v) is 15.8. The van der Waals surface area contributed by atoms with Crippen molar-refractivity contribution in [3.8, 4) is 0 Å². The largest absolute Gasteiger partial charge is 0.350 e. The van der Waals surface area contributed by atoms with E-state index in [1.54, 1.807) is 18.3 Å². The van der Waals surface area contributed by atoms with E-state index in [-0.39, 0.29) is 51.4 Å². The maximum atomic E-state index is 11.0. The monoisotopic (exact) mass is 325 g/mol. The minimum atomic E-state index is -0.853. The van der Waals surface area contributed by atoms with Crippen LogP contribution in [0.1, 0.15) is 18.5 Å². The van der Waals surface area contributed by atoms with Crippen LogP contribution in [0.25, 0.3) is 20.2 Å². The maximum absolute atomic E-state index is 11.0. The van der Waals surface area contributed by atoms with Gasteiger partial charge in [-0.05, 0) is 24.6 Å². The Morgan fingerprint density at radius 1 is 1.19 bits per heavy atom. The fourth-order valence-corrected chi connectivity index (χ4v) is 3.49. The molecule has 0 fully saturated rings. The van der Waals surface area contributed by atoms with E-state index in [2.05, 4.69) is 12.1 Å². The fraction of sp³-hybridized carbons (Fsp3) is 0.133. The summed E-state index contributed by atoms with van der Waals surface area (Å²) in [7, 11) is 0. The standard InChI is InChI=1S/C15H14N2O2S.K/c1-9(17(19)15(16)18)10-6-7-12-11-4-2-3-5-13(11)20-14(12)8-10;/h2-9,19H,1H3,(H2,16,18);. The van der Waals surface area contributed by atoms with Gasteiger partial charge >= 0.3 is 6.03 Å². The van der Waals surface area contributed by atoms with Crippen LogP contribution in [0.15, 0.2) is 42.5 Å². The molecule has 3 rings (SSSR count). The molecule has 4 nitrogen and oxygen atoms in total. The van der Waals surface area contributed by atoms with Gasteiger partial charge in [-0.25, -0.2) is 4.79 Å². The number of rotatable bonds is 2. The summed E-state index contributed by atoms with van der Waals surface area (Å²) < 4.78 is 2.36. The molecule has 2 amide bonds. The van der Waals surface area contributed by atoms with Gasteiger partial charge in [-0.1, -0.05) is 30.3 Å². The van der Waals surface area contributed by atoms with Gasteiger partial charge in [0.25, 0.3) is 0 Å². The van der Waals surface area contributed by atoms with E-state index in [9.17, 15) is 10.0 Å². The van der Waals surface area contributed by atoms with Crippen molar-refractivity contribution >= 4 is 88.9 Å². The second-order valence-electron chi connectivity index (χ2n) is 4.71. The van der Waals surface area contributed by atoms with E-state index in [0.717, 1.165) is 10.3 Å². The number of primary amides is 1. The molecule has 3 aromatic rings. The molecule has 0 saturated heterocycles. The van der Waals surface area contributed by atoms with Crippen molar-refractivity contribution in [1.29, 1.82) is 0 Å². The summed E-state index contributed by atoms with van der Waals surface area (Å²) in [6, 6.07) is 12.8. The number of nitrogens with two attached hydrogens (primary N) is 1. The Bertz CT molecular complexity index is 803. The number of carbonyl (C=O) groups excluding carboxylic acids is 1. The van der Waals surface area contributed by atoms with Crippen LogP contribution in [0.4, 0.5) is 4.79 Å². The fourth-order valence-electron chi connectivity index (χ4n) is 2.33. The molecule has 0 bridgehead atoms. The zero-order valence-electron chi connectivity index (χ0n) is 11.9. The molecule has 0 aliphatic heterocycles. The number of amides is 2. The predicted octanol–water partition coefficient (Wildman–Crippen LogP) is 3.50. The molecule has 1 unspecified atom stereocenters. The first-order valence-electron chi connectivity index (χ1n) is 6.26. The van der Waals surface area contributed by atoms with Gasteiger partial charge in [0.15, 0.2) is 0 Å². The van der Waals surface area contributed by atoms with Crippen molar-refractivity contribution in [2.24, 2.45) is 5.73 Å². The zero-order chi connectivity index (χ0) is 14.3. The Morgan fingerprint density at radius 2 is 1.86 bits per heavy atom. The number of carbonyl (C=O) groups is 1. The topological polar surface area (TPSA) is 66.6 Å². The molecule has 0 aliphatic carbocycles. The van der Waals surface area contributed by atoms with Crippen LogP contribution in [-0.2, 0) is 0 Å². The molecule has 2 aromatic carbocycles. The first kappa shape index (κ1) is 16.9. The SMILES string of the molecule is CC(c1ccc2c(c1)sc1ccccc12)N(O)C(N)=O.[K]. The van der Waals surface area contributed by atoms with E-state index in [1.165, 1.54) is 15.5 Å². The minimum absolute atomic E-state index is 0. The molecule has 0 spiro atoms. The van der Waals surface area contributed by atoms with Crippen molar-refractivity contribution < 1.29 is 10.0 Å². The van der Waals surface area contributed by atoms with Gasteiger partial charge in [0.05, 0.1) is 6.04 Å². The van der Waals surface area contributed by atoms with E-state index in [4.69, 9.17) is 5.73 Å². The third-order valence-corrected chi connectivity index (χ3v) is 4.61. The molecule has 0 saturated carbocycles. The van der Waals surface area contributed by atoms with Crippen LogP contribution in [0.3, 0.4) is 0 Å². The molecular weight excluding hydrogens is 311 g/mol. The summed E-state index contributed by atoms with van der Waals surface area (Å²) in [5.41, 5.74) is 5.94. The van der Waals surface area contributed by atoms with Crippen molar-refractivity contribution in [1.82, 2.24) is 5.06 Å². The number of thiophene rings is 1. The third kappa shape index (κ3) is 3.17. The molecule has 6 heteroatoms. The van der Waals surface area contributed by atoms with E-state index >= 15 is 0 Å². The predicted molar refractivity (Wildman–Crippen MR) is 86.7 cm³/mol. The summed E-state index contributed by atoms with van der Waals surface area (Å²) in [6.07, 6.45) is 0. The van der Waals surface area contributed by atoms with Crippen LogP contribution in [0, 0.1) is 0 Å². The van der Waals surface area contributed by atoms with Crippen LogP contribution < -0.4 is 5.73 Å². The summed E-state index contributed by atoms with van der Waals surface area (Å²) >= 11 is 1.70. The number of nitrogens with zero attached hydrogens (tertiary/aromatic N) is 1. The molecular formula is C15H14KN2O2S. The number of hydrogen-bond acceptors (Lipinski definition) is 3. The van der Waals surface area contributed by atoms with Crippen LogP contribution in [0.2, 0.25) is 0 Å². The van der Waals surface area contributed by atoms with Gasteiger partial charge in [0.1, 0.15) is 0 Å². The molecule has 103 valence electrons. The van der Waals surface area contributed by atoms with Gasteiger partial charge < -0.3 is 5.73 Å². The van der Waals surface area contributed by atoms with Crippen molar-refractivity contribution in [2.45, 2.75) is 13.0 Å².